The number of anilines is 2. The average Bonchev–Trinajstić information content (AvgIpc) is 2.89. The van der Waals surface area contributed by atoms with Crippen LogP contribution in [0.2, 0.25) is 0 Å². The molecule has 1 fully saturated rings. The molecule has 2 unspecified atom stereocenters. The molecule has 1 saturated carbocycles. The molecule has 0 bridgehead atoms. The van der Waals surface area contributed by atoms with E-state index in [1.165, 1.54) is 4.90 Å². The van der Waals surface area contributed by atoms with E-state index in [0.29, 0.717) is 11.3 Å². The van der Waals surface area contributed by atoms with Crippen LogP contribution in [0.15, 0.2) is 23.0 Å². The zero-order valence-electron chi connectivity index (χ0n) is 27.5. The number of nitrogens with two attached hydrogens (primary N) is 1. The van der Waals surface area contributed by atoms with Crippen molar-refractivity contribution in [1.29, 1.82) is 0 Å². The Morgan fingerprint density at radius 2 is 1.46 bits per heavy atom. The summed E-state index contributed by atoms with van der Waals surface area (Å²) in [5, 5.41) is 48.0. The molecule has 50 heavy (non-hydrogen) atoms. The second-order valence-electron chi connectivity index (χ2n) is 12.2. The number of aromatic hydroxyl groups is 1. The van der Waals surface area contributed by atoms with Gasteiger partial charge in [0.2, 0.25) is 11.7 Å². The molecule has 2 amide bonds. The molecule has 23 heteroatoms. The number of amides is 2. The van der Waals surface area contributed by atoms with Crippen LogP contribution in [0.25, 0.3) is 5.76 Å². The Labute approximate surface area is 286 Å². The van der Waals surface area contributed by atoms with Gasteiger partial charge in [-0.05, 0) is 58.6 Å². The van der Waals surface area contributed by atoms with Crippen molar-refractivity contribution in [3.05, 3.63) is 34.1 Å². The minimum absolute atomic E-state index is 0.00874. The molecule has 0 heterocycles. The van der Waals surface area contributed by atoms with E-state index in [4.69, 9.17) is 40.8 Å². The lowest BCUT2D eigenvalue weighted by Crippen LogP contribution is -2.65. The molecule has 1 aromatic rings. The fraction of sp³-hybridized carbons (Fsp3) is 0.481. The number of hydrogen-bond donors (Lipinski definition) is 10. The van der Waals surface area contributed by atoms with Crippen LogP contribution in [0.5, 0.6) is 5.75 Å². The first-order valence-electron chi connectivity index (χ1n) is 14.1. The number of ketones is 2. The number of aliphatic hydroxyl groups excluding tert-OH is 2. The summed E-state index contributed by atoms with van der Waals surface area (Å²) in [7, 11) is 0.648. The number of hydrogen-bond acceptors (Lipinski definition) is 15. The number of carbonyl (C=O) groups is 4. The summed E-state index contributed by atoms with van der Waals surface area (Å²) in [6.45, 7) is 0.0233. The number of nitrogens with zero attached hydrogens (tertiary/aromatic N) is 3. The van der Waals surface area contributed by atoms with Crippen molar-refractivity contribution in [2.75, 3.05) is 59.0 Å². The molecule has 0 radical (unpaired) electrons. The van der Waals surface area contributed by atoms with Crippen molar-refractivity contribution < 1.29 is 74.7 Å². The van der Waals surface area contributed by atoms with Crippen LogP contribution in [0, 0.1) is 11.8 Å². The zero-order valence-corrected chi connectivity index (χ0v) is 29.1. The maximum atomic E-state index is 14.0. The number of primary amides is 1. The SMILES string of the molecule is CN(C)CC(=O)Nc1cc(N(C)C)c2c(c1O)C(O)=C1C(=O)[C@]3(O)C(O)=C(C(N)=O)C(=O)[C@@H](N(C)C)C3CC1C2.O=S(=O)(O)O.O=S(=O)(O)O. The van der Waals surface area contributed by atoms with Crippen LogP contribution in [-0.4, -0.2) is 149 Å². The van der Waals surface area contributed by atoms with Gasteiger partial charge < -0.3 is 41.3 Å². The molecule has 1 aromatic carbocycles. The Balaban J connectivity index is 0.000000761. The summed E-state index contributed by atoms with van der Waals surface area (Å²) in [6, 6.07) is 0.412. The highest BCUT2D eigenvalue weighted by molar-refractivity contribution is 7.80. The molecular weight excluding hydrogens is 714 g/mol. The third-order valence-corrected chi connectivity index (χ3v) is 7.91. The van der Waals surface area contributed by atoms with Gasteiger partial charge in [-0.3, -0.25) is 42.3 Å². The van der Waals surface area contributed by atoms with E-state index in [9.17, 15) is 39.6 Å². The summed E-state index contributed by atoms with van der Waals surface area (Å²) >= 11 is 0. The molecule has 4 atom stereocenters. The molecule has 3 aliphatic rings. The van der Waals surface area contributed by atoms with E-state index >= 15 is 0 Å². The standard InChI is InChI=1S/C27H35N5O8.2H2O4S/c1-30(2)10-16(33)29-14-9-15(31(3)4)12-7-11-8-13-20(32(5)6)23(36)19(26(28)39)25(38)27(13,40)24(37)17(11)22(35)18(12)21(14)34;2*1-5(2,3)4/h9,11,13,20,34-35,38,40H,7-8,10H2,1-6H3,(H2,28,39)(H,29,33);2*(H2,1,2,3,4)/t11?,13?,20-,27-;;/m0../s1. The lowest BCUT2D eigenvalue weighted by atomic mass is 9.57. The maximum absolute atomic E-state index is 14.0. The predicted molar refractivity (Wildman–Crippen MR) is 174 cm³/mol. The number of phenolic OH excluding ortho intramolecular Hbond substituents is 1. The van der Waals surface area contributed by atoms with E-state index in [2.05, 4.69) is 5.32 Å². The van der Waals surface area contributed by atoms with Crippen LogP contribution in [0.1, 0.15) is 17.5 Å². The van der Waals surface area contributed by atoms with Crippen molar-refractivity contribution in [2.24, 2.45) is 17.6 Å². The van der Waals surface area contributed by atoms with Gasteiger partial charge in [0, 0.05) is 31.3 Å². The van der Waals surface area contributed by atoms with Gasteiger partial charge in [0.15, 0.2) is 11.4 Å². The Hall–Kier alpha value is -4.20. The monoisotopic (exact) mass is 753 g/mol. The molecular formula is C27H39N5O16S2. The minimum Gasteiger partial charge on any atom is -0.508 e. The van der Waals surface area contributed by atoms with Gasteiger partial charge in [-0.2, -0.15) is 16.8 Å². The number of phenols is 1. The van der Waals surface area contributed by atoms with Gasteiger partial charge in [-0.1, -0.05) is 0 Å². The minimum atomic E-state index is -4.67. The number of benzene rings is 1. The number of carbonyl (C=O) groups excluding carboxylic acids is 4. The largest absolute Gasteiger partial charge is 0.508 e. The van der Waals surface area contributed by atoms with Gasteiger partial charge in [0.1, 0.15) is 22.8 Å². The first-order chi connectivity index (χ1) is 22.5. The fourth-order valence-electron chi connectivity index (χ4n) is 6.26. The zero-order chi connectivity index (χ0) is 39.0. The summed E-state index contributed by atoms with van der Waals surface area (Å²) in [4.78, 5) is 56.6. The van der Waals surface area contributed by atoms with Crippen LogP contribution in [-0.2, 0) is 46.4 Å². The molecule has 0 aromatic heterocycles. The van der Waals surface area contributed by atoms with Crippen LogP contribution in [0.3, 0.4) is 0 Å². The summed E-state index contributed by atoms with van der Waals surface area (Å²) in [6.07, 6.45) is 0.127. The van der Waals surface area contributed by atoms with Gasteiger partial charge in [0.05, 0.1) is 23.8 Å². The highest BCUT2D eigenvalue weighted by Crippen LogP contribution is 2.54. The smallest absolute Gasteiger partial charge is 0.394 e. The first-order valence-corrected chi connectivity index (χ1v) is 16.9. The molecule has 21 nitrogen and oxygen atoms in total. The van der Waals surface area contributed by atoms with Crippen molar-refractivity contribution in [2.45, 2.75) is 24.5 Å². The molecule has 4 rings (SSSR count). The summed E-state index contributed by atoms with van der Waals surface area (Å²) in [5.41, 5.74) is 2.48. The average molecular weight is 754 g/mol. The Morgan fingerprint density at radius 1 is 0.960 bits per heavy atom. The van der Waals surface area contributed by atoms with Crippen LogP contribution in [0.4, 0.5) is 11.4 Å². The Kier molecular flexibility index (Phi) is 12.6. The van der Waals surface area contributed by atoms with Gasteiger partial charge >= 0.3 is 20.8 Å². The highest BCUT2D eigenvalue weighted by atomic mass is 32.3. The number of aliphatic hydroxyl groups is 3. The number of fused-ring (bicyclic) bond motifs is 3. The normalized spacial score (nSPS) is 23.2. The first kappa shape index (κ1) is 42.0. The lowest BCUT2D eigenvalue weighted by molar-refractivity contribution is -0.153. The molecule has 3 aliphatic carbocycles. The highest BCUT2D eigenvalue weighted by Gasteiger charge is 2.64. The van der Waals surface area contributed by atoms with Crippen molar-refractivity contribution in [3.8, 4) is 5.75 Å². The second kappa shape index (κ2) is 15.0. The molecule has 280 valence electrons. The van der Waals surface area contributed by atoms with E-state index in [1.54, 1.807) is 58.2 Å². The third-order valence-electron chi connectivity index (χ3n) is 7.91. The van der Waals surface area contributed by atoms with Crippen LogP contribution >= 0.6 is 0 Å². The quantitative estimate of drug-likeness (QED) is 0.0872. The number of Topliss-reactive ketones (excluding diaryl/α,β-unsaturated/α-hetero) is 2. The fourth-order valence-corrected chi connectivity index (χ4v) is 6.26. The molecule has 0 spiro atoms. The maximum Gasteiger partial charge on any atom is 0.394 e. The molecule has 11 N–H and O–H groups in total. The summed E-state index contributed by atoms with van der Waals surface area (Å²) < 4.78 is 63.2. The predicted octanol–water partition coefficient (Wildman–Crippen LogP) is -1.78. The third kappa shape index (κ3) is 9.12. The summed E-state index contributed by atoms with van der Waals surface area (Å²) in [5.74, 6) is -7.73. The van der Waals surface area contributed by atoms with Crippen LogP contribution < -0.4 is 16.0 Å². The van der Waals surface area contributed by atoms with Crippen molar-refractivity contribution in [3.63, 3.8) is 0 Å². The van der Waals surface area contributed by atoms with Gasteiger partial charge in [-0.15, -0.1) is 0 Å². The van der Waals surface area contributed by atoms with Gasteiger partial charge in [-0.25, -0.2) is 0 Å². The van der Waals surface area contributed by atoms with E-state index in [0.717, 1.165) is 0 Å². The second-order valence-corrected chi connectivity index (χ2v) is 14.0. The lowest BCUT2D eigenvalue weighted by Gasteiger charge is -2.50. The van der Waals surface area contributed by atoms with Crippen molar-refractivity contribution >= 4 is 61.3 Å². The van der Waals surface area contributed by atoms with E-state index in [1.807, 2.05) is 0 Å². The molecule has 0 aliphatic heterocycles. The number of likely N-dealkylation sites (N-methyl/N-ethyl adjacent to an activating group) is 2. The van der Waals surface area contributed by atoms with E-state index in [-0.39, 0.29) is 36.2 Å². The molecule has 0 saturated heterocycles. The topological polar surface area (TPSA) is 346 Å². The Morgan fingerprint density at radius 3 is 1.88 bits per heavy atom. The van der Waals surface area contributed by atoms with E-state index < -0.39 is 90.5 Å². The van der Waals surface area contributed by atoms with Crippen molar-refractivity contribution in [1.82, 2.24) is 9.80 Å². The Bertz CT molecular complexity index is 1830. The number of nitrogens with one attached hydrogen (secondary N) is 1. The number of rotatable bonds is 6. The van der Waals surface area contributed by atoms with Gasteiger partial charge in [0.25, 0.3) is 5.91 Å².